The van der Waals surface area contributed by atoms with Gasteiger partial charge in [0.15, 0.2) is 17.5 Å². The van der Waals surface area contributed by atoms with Crippen molar-refractivity contribution >= 4 is 21.9 Å². The van der Waals surface area contributed by atoms with Gasteiger partial charge in [-0.25, -0.2) is 15.0 Å². The molecule has 0 saturated heterocycles. The van der Waals surface area contributed by atoms with Crippen molar-refractivity contribution in [3.05, 3.63) is 200 Å². The average Bonchev–Trinajstić information content (AvgIpc) is 3.66. The quantitative estimate of drug-likeness (QED) is 0.166. The van der Waals surface area contributed by atoms with E-state index < -0.39 is 0 Å². The van der Waals surface area contributed by atoms with Gasteiger partial charge in [0, 0.05) is 33.0 Å². The highest BCUT2D eigenvalue weighted by molar-refractivity contribution is 6.09. The summed E-state index contributed by atoms with van der Waals surface area (Å²) in [6.07, 6.45) is 0. The van der Waals surface area contributed by atoms with Crippen LogP contribution in [0.25, 0.3) is 101 Å². The van der Waals surface area contributed by atoms with E-state index in [0.29, 0.717) is 17.5 Å². The highest BCUT2D eigenvalue weighted by Crippen LogP contribution is 2.38. The third-order valence-electron chi connectivity index (χ3n) is 10.2. The van der Waals surface area contributed by atoms with Crippen molar-refractivity contribution in [2.75, 3.05) is 0 Å². The maximum atomic E-state index is 6.37. The molecule has 0 amide bonds. The van der Waals surface area contributed by atoms with E-state index in [9.17, 15) is 0 Å². The highest BCUT2D eigenvalue weighted by atomic mass is 16.3. The predicted octanol–water partition coefficient (Wildman–Crippen LogP) is 13.4. The van der Waals surface area contributed by atoms with Crippen molar-refractivity contribution in [1.29, 1.82) is 0 Å². The molecule has 8 aromatic carbocycles. The number of furan rings is 1. The molecule has 0 N–H and O–H groups in total. The first-order valence-corrected chi connectivity index (χ1v) is 18.4. The fourth-order valence-corrected chi connectivity index (χ4v) is 7.42. The summed E-state index contributed by atoms with van der Waals surface area (Å²) in [6.45, 7) is 0. The van der Waals surface area contributed by atoms with E-state index in [1.807, 2.05) is 54.6 Å². The lowest BCUT2D eigenvalue weighted by atomic mass is 9.95. The molecular weight excluding hydrogens is 671 g/mol. The van der Waals surface area contributed by atoms with Gasteiger partial charge in [0.2, 0.25) is 0 Å². The third kappa shape index (κ3) is 6.16. The van der Waals surface area contributed by atoms with Crippen molar-refractivity contribution in [1.82, 2.24) is 15.0 Å². The molecule has 2 heterocycles. The molecular formula is C51H33N3O. The minimum absolute atomic E-state index is 0.628. The lowest BCUT2D eigenvalue weighted by Gasteiger charge is -2.12. The molecule has 0 bridgehead atoms. The van der Waals surface area contributed by atoms with Crippen LogP contribution in [0.4, 0.5) is 0 Å². The van der Waals surface area contributed by atoms with Crippen LogP contribution in [0.2, 0.25) is 0 Å². The number of nitrogens with zero attached hydrogens (tertiary/aromatic N) is 3. The highest BCUT2D eigenvalue weighted by Gasteiger charge is 2.16. The summed E-state index contributed by atoms with van der Waals surface area (Å²) in [4.78, 5) is 15.1. The normalized spacial score (nSPS) is 11.3. The number of benzene rings is 8. The van der Waals surface area contributed by atoms with Gasteiger partial charge in [-0.2, -0.15) is 0 Å². The summed E-state index contributed by atoms with van der Waals surface area (Å²) in [7, 11) is 0. The number of hydrogen-bond acceptors (Lipinski definition) is 4. The molecule has 10 rings (SSSR count). The molecule has 258 valence electrons. The standard InChI is InChI=1S/C51H33N3O/c1-3-14-35(15-4-1)42-22-7-8-24-46(42)51-53-49(36-16-5-2-6-17-36)52-50(54-51)37-30-28-34(29-31-37)38-18-11-19-39(32-38)40-20-12-21-41(33-40)43-25-13-26-45-44-23-9-10-27-47(44)55-48(43)45/h1-33H. The van der Waals surface area contributed by atoms with Crippen LogP contribution in [0.5, 0.6) is 0 Å². The van der Waals surface area contributed by atoms with E-state index in [4.69, 9.17) is 19.4 Å². The zero-order chi connectivity index (χ0) is 36.6. The first kappa shape index (κ1) is 32.2. The molecule has 10 aromatic rings. The lowest BCUT2D eigenvalue weighted by molar-refractivity contribution is 0.670. The second kappa shape index (κ2) is 13.8. The average molecular weight is 704 g/mol. The molecule has 0 saturated carbocycles. The van der Waals surface area contributed by atoms with Crippen molar-refractivity contribution < 1.29 is 4.42 Å². The zero-order valence-electron chi connectivity index (χ0n) is 29.8. The Bertz CT molecular complexity index is 2970. The Balaban J connectivity index is 0.996. The Labute approximate surface area is 319 Å². The largest absolute Gasteiger partial charge is 0.455 e. The summed E-state index contributed by atoms with van der Waals surface area (Å²) in [6, 6.07) is 69.3. The van der Waals surface area contributed by atoms with Crippen molar-refractivity contribution in [2.24, 2.45) is 0 Å². The Morgan fingerprint density at radius 2 is 0.727 bits per heavy atom. The second-order valence-electron chi connectivity index (χ2n) is 13.6. The molecule has 0 fully saturated rings. The second-order valence-corrected chi connectivity index (χ2v) is 13.6. The molecule has 0 unspecified atom stereocenters. The molecule has 0 radical (unpaired) electrons. The summed E-state index contributed by atoms with van der Waals surface area (Å²) >= 11 is 0. The predicted molar refractivity (Wildman–Crippen MR) is 225 cm³/mol. The van der Waals surface area contributed by atoms with Gasteiger partial charge in [0.1, 0.15) is 11.2 Å². The van der Waals surface area contributed by atoms with Gasteiger partial charge in [-0.3, -0.25) is 0 Å². The fraction of sp³-hybridized carbons (Fsp3) is 0. The molecule has 0 aliphatic rings. The van der Waals surface area contributed by atoms with Crippen LogP contribution in [-0.4, -0.2) is 15.0 Å². The van der Waals surface area contributed by atoms with Gasteiger partial charge < -0.3 is 4.42 Å². The first-order chi connectivity index (χ1) is 27.2. The van der Waals surface area contributed by atoms with E-state index >= 15 is 0 Å². The minimum atomic E-state index is 0.628. The Morgan fingerprint density at radius 3 is 1.45 bits per heavy atom. The van der Waals surface area contributed by atoms with Gasteiger partial charge >= 0.3 is 0 Å². The smallest absolute Gasteiger partial charge is 0.164 e. The SMILES string of the molecule is c1ccc(-c2nc(-c3ccc(-c4cccc(-c5cccc(-c6cccc7c6oc6ccccc67)c5)c4)cc3)nc(-c3ccccc3-c3ccccc3)n2)cc1. The first-order valence-electron chi connectivity index (χ1n) is 18.4. The number of aromatic nitrogens is 3. The monoisotopic (exact) mass is 703 g/mol. The van der Waals surface area contributed by atoms with Crippen LogP contribution in [0.1, 0.15) is 0 Å². The van der Waals surface area contributed by atoms with Crippen LogP contribution in [-0.2, 0) is 0 Å². The van der Waals surface area contributed by atoms with Gasteiger partial charge in [-0.05, 0) is 57.1 Å². The maximum absolute atomic E-state index is 6.37. The van der Waals surface area contributed by atoms with Crippen molar-refractivity contribution in [2.45, 2.75) is 0 Å². The van der Waals surface area contributed by atoms with E-state index in [1.54, 1.807) is 0 Å². The Hall–Kier alpha value is -7.43. The van der Waals surface area contributed by atoms with Gasteiger partial charge in [-0.15, -0.1) is 0 Å². The summed E-state index contributed by atoms with van der Waals surface area (Å²) in [5, 5.41) is 2.26. The van der Waals surface area contributed by atoms with Crippen molar-refractivity contribution in [3.8, 4) is 78.7 Å². The zero-order valence-corrected chi connectivity index (χ0v) is 29.8. The molecule has 0 spiro atoms. The summed E-state index contributed by atoms with van der Waals surface area (Å²) < 4.78 is 6.37. The number of fused-ring (bicyclic) bond motifs is 3. The molecule has 4 nitrogen and oxygen atoms in total. The van der Waals surface area contributed by atoms with Gasteiger partial charge in [0.05, 0.1) is 0 Å². The minimum Gasteiger partial charge on any atom is -0.455 e. The third-order valence-corrected chi connectivity index (χ3v) is 10.2. The van der Waals surface area contributed by atoms with Crippen LogP contribution in [0.15, 0.2) is 205 Å². The van der Waals surface area contributed by atoms with E-state index in [2.05, 4.69) is 146 Å². The fourth-order valence-electron chi connectivity index (χ4n) is 7.42. The molecule has 0 aliphatic heterocycles. The van der Waals surface area contributed by atoms with Gasteiger partial charge in [-0.1, -0.05) is 182 Å². The Kier molecular flexibility index (Phi) is 8.12. The molecule has 55 heavy (non-hydrogen) atoms. The Morgan fingerprint density at radius 1 is 0.273 bits per heavy atom. The van der Waals surface area contributed by atoms with Crippen LogP contribution >= 0.6 is 0 Å². The topological polar surface area (TPSA) is 51.8 Å². The molecule has 4 heteroatoms. The summed E-state index contributed by atoms with van der Waals surface area (Å²) in [5.74, 6) is 1.90. The van der Waals surface area contributed by atoms with E-state index in [-0.39, 0.29) is 0 Å². The van der Waals surface area contributed by atoms with E-state index in [1.165, 1.54) is 0 Å². The molecule has 2 aromatic heterocycles. The van der Waals surface area contributed by atoms with Gasteiger partial charge in [0.25, 0.3) is 0 Å². The summed E-state index contributed by atoms with van der Waals surface area (Å²) in [5.41, 5.74) is 13.6. The maximum Gasteiger partial charge on any atom is 0.164 e. The number of hydrogen-bond donors (Lipinski definition) is 0. The molecule has 0 aliphatic carbocycles. The van der Waals surface area contributed by atoms with E-state index in [0.717, 1.165) is 83.1 Å². The van der Waals surface area contributed by atoms with Crippen molar-refractivity contribution in [3.63, 3.8) is 0 Å². The van der Waals surface area contributed by atoms with Crippen LogP contribution < -0.4 is 0 Å². The number of rotatable bonds is 7. The number of para-hydroxylation sites is 2. The lowest BCUT2D eigenvalue weighted by Crippen LogP contribution is -2.01. The molecule has 0 atom stereocenters. The van der Waals surface area contributed by atoms with Crippen LogP contribution in [0, 0.1) is 0 Å². The van der Waals surface area contributed by atoms with Crippen LogP contribution in [0.3, 0.4) is 0 Å².